The van der Waals surface area contributed by atoms with E-state index in [-0.39, 0.29) is 11.6 Å². The van der Waals surface area contributed by atoms with Crippen LogP contribution in [0.4, 0.5) is 10.5 Å². The smallest absolute Gasteiger partial charge is 0.321 e. The maximum absolute atomic E-state index is 12.7. The lowest BCUT2D eigenvalue weighted by Crippen LogP contribution is -2.52. The highest BCUT2D eigenvalue weighted by atomic mass is 16.5. The van der Waals surface area contributed by atoms with Crippen molar-refractivity contribution in [3.8, 4) is 0 Å². The number of carbonyl (C=O) groups excluding carboxylic acids is 1. The van der Waals surface area contributed by atoms with E-state index in [0.29, 0.717) is 0 Å². The number of ether oxygens (including phenoxy) is 1. The quantitative estimate of drug-likeness (QED) is 0.887. The van der Waals surface area contributed by atoms with Crippen molar-refractivity contribution in [3.05, 3.63) is 60.4 Å². The van der Waals surface area contributed by atoms with Crippen LogP contribution in [0, 0.1) is 0 Å². The lowest BCUT2D eigenvalue weighted by molar-refractivity contribution is -0.117. The van der Waals surface area contributed by atoms with Gasteiger partial charge >= 0.3 is 6.03 Å². The number of anilines is 1. The summed E-state index contributed by atoms with van der Waals surface area (Å²) in [5, 5.41) is 3.00. The number of urea groups is 1. The predicted molar refractivity (Wildman–Crippen MR) is 109 cm³/mol. The first-order chi connectivity index (χ1) is 13.7. The predicted octanol–water partition coefficient (Wildman–Crippen LogP) is 3.37. The summed E-state index contributed by atoms with van der Waals surface area (Å²) in [6, 6.07) is 13.7. The van der Waals surface area contributed by atoms with Crippen LogP contribution in [-0.2, 0) is 11.3 Å². The van der Waals surface area contributed by atoms with E-state index in [1.165, 1.54) is 5.56 Å². The molecule has 6 nitrogen and oxygen atoms in total. The van der Waals surface area contributed by atoms with Gasteiger partial charge in [0.2, 0.25) is 0 Å². The van der Waals surface area contributed by atoms with Crippen LogP contribution in [0.25, 0.3) is 0 Å². The van der Waals surface area contributed by atoms with Gasteiger partial charge in [-0.1, -0.05) is 24.3 Å². The summed E-state index contributed by atoms with van der Waals surface area (Å²) in [5.74, 6) is 0. The van der Waals surface area contributed by atoms with Crippen molar-refractivity contribution in [2.75, 3.05) is 38.1 Å². The Morgan fingerprint density at radius 2 is 2.00 bits per heavy atom. The van der Waals surface area contributed by atoms with Crippen LogP contribution in [0.15, 0.2) is 54.9 Å². The van der Waals surface area contributed by atoms with Crippen molar-refractivity contribution < 1.29 is 9.53 Å². The number of likely N-dealkylation sites (tertiary alicyclic amines) is 1. The molecule has 1 atom stereocenters. The summed E-state index contributed by atoms with van der Waals surface area (Å²) in [6.45, 7) is 4.99. The molecule has 2 aliphatic rings. The molecule has 2 amide bonds. The summed E-state index contributed by atoms with van der Waals surface area (Å²) in [4.78, 5) is 21.3. The number of nitrogens with one attached hydrogen (secondary N) is 1. The summed E-state index contributed by atoms with van der Waals surface area (Å²) < 4.78 is 6.29. The van der Waals surface area contributed by atoms with Gasteiger partial charge in [0.05, 0.1) is 12.2 Å². The lowest BCUT2D eigenvalue weighted by Gasteiger charge is -2.42. The molecule has 4 rings (SSSR count). The first-order valence-corrected chi connectivity index (χ1v) is 10.1. The third-order valence-corrected chi connectivity index (χ3v) is 5.67. The maximum Gasteiger partial charge on any atom is 0.321 e. The van der Waals surface area contributed by atoms with E-state index < -0.39 is 0 Å². The monoisotopic (exact) mass is 380 g/mol. The minimum absolute atomic E-state index is 0.0220. The van der Waals surface area contributed by atoms with E-state index in [1.54, 1.807) is 0 Å². The molecule has 2 aliphatic heterocycles. The Bertz CT molecular complexity index is 771. The SMILES string of the molecule is O=C(Nc1ccccc1)N1CCCC2(CC1)CN(Cc1cccnc1)CCO2. The number of rotatable bonds is 3. The van der Waals surface area contributed by atoms with Gasteiger partial charge in [0, 0.05) is 50.8 Å². The average Bonchev–Trinajstić information content (AvgIpc) is 2.92. The van der Waals surface area contributed by atoms with Gasteiger partial charge in [-0.3, -0.25) is 9.88 Å². The Hall–Kier alpha value is -2.44. The molecule has 28 heavy (non-hydrogen) atoms. The molecule has 1 aromatic carbocycles. The van der Waals surface area contributed by atoms with Crippen LogP contribution in [0.2, 0.25) is 0 Å². The Kier molecular flexibility index (Phi) is 5.88. The fraction of sp³-hybridized carbons (Fsp3) is 0.455. The molecule has 6 heteroatoms. The van der Waals surface area contributed by atoms with Crippen molar-refractivity contribution in [3.63, 3.8) is 0 Å². The number of hydrogen-bond acceptors (Lipinski definition) is 4. The zero-order chi connectivity index (χ0) is 19.2. The van der Waals surface area contributed by atoms with Gasteiger partial charge in [-0.15, -0.1) is 0 Å². The Morgan fingerprint density at radius 1 is 1.11 bits per heavy atom. The van der Waals surface area contributed by atoms with E-state index in [9.17, 15) is 4.79 Å². The molecular formula is C22H28N4O2. The highest BCUT2D eigenvalue weighted by molar-refractivity contribution is 5.89. The molecule has 0 bridgehead atoms. The van der Waals surface area contributed by atoms with Crippen LogP contribution in [-0.4, -0.2) is 59.2 Å². The number of hydrogen-bond donors (Lipinski definition) is 1. The number of amides is 2. The topological polar surface area (TPSA) is 57.7 Å². The molecule has 1 spiro atoms. The maximum atomic E-state index is 12.7. The Balaban J connectivity index is 1.35. The van der Waals surface area contributed by atoms with E-state index in [4.69, 9.17) is 4.74 Å². The average molecular weight is 380 g/mol. The highest BCUT2D eigenvalue weighted by Crippen LogP contribution is 2.31. The summed E-state index contributed by atoms with van der Waals surface area (Å²) in [6.07, 6.45) is 6.57. The highest BCUT2D eigenvalue weighted by Gasteiger charge is 2.38. The van der Waals surface area contributed by atoms with Crippen molar-refractivity contribution in [2.45, 2.75) is 31.4 Å². The van der Waals surface area contributed by atoms with Crippen LogP contribution in [0.5, 0.6) is 0 Å². The number of morpholine rings is 1. The van der Waals surface area contributed by atoms with Crippen LogP contribution in [0.1, 0.15) is 24.8 Å². The Morgan fingerprint density at radius 3 is 2.82 bits per heavy atom. The second kappa shape index (κ2) is 8.71. The minimum Gasteiger partial charge on any atom is -0.372 e. The number of benzene rings is 1. The molecule has 1 aromatic heterocycles. The zero-order valence-corrected chi connectivity index (χ0v) is 16.2. The Labute approximate surface area is 166 Å². The number of pyridine rings is 1. The first-order valence-electron chi connectivity index (χ1n) is 10.1. The van der Waals surface area contributed by atoms with E-state index in [1.807, 2.05) is 53.7 Å². The molecule has 2 saturated heterocycles. The molecule has 0 saturated carbocycles. The van der Waals surface area contributed by atoms with Gasteiger partial charge in [-0.25, -0.2) is 4.79 Å². The second-order valence-corrected chi connectivity index (χ2v) is 7.74. The second-order valence-electron chi connectivity index (χ2n) is 7.74. The van der Waals surface area contributed by atoms with Gasteiger partial charge < -0.3 is 15.0 Å². The summed E-state index contributed by atoms with van der Waals surface area (Å²) >= 11 is 0. The normalized spacial score (nSPS) is 23.4. The van der Waals surface area contributed by atoms with Crippen LogP contribution < -0.4 is 5.32 Å². The van der Waals surface area contributed by atoms with Gasteiger partial charge in [-0.05, 0) is 43.0 Å². The van der Waals surface area contributed by atoms with Crippen molar-refractivity contribution in [1.29, 1.82) is 0 Å². The molecule has 1 N–H and O–H groups in total. The van der Waals surface area contributed by atoms with Gasteiger partial charge in [0.25, 0.3) is 0 Å². The van der Waals surface area contributed by atoms with Crippen molar-refractivity contribution in [1.82, 2.24) is 14.8 Å². The third kappa shape index (κ3) is 4.69. The fourth-order valence-electron chi connectivity index (χ4n) is 4.21. The lowest BCUT2D eigenvalue weighted by atomic mass is 9.92. The first kappa shape index (κ1) is 18.9. The largest absolute Gasteiger partial charge is 0.372 e. The molecule has 3 heterocycles. The van der Waals surface area contributed by atoms with Gasteiger partial charge in [0.15, 0.2) is 0 Å². The molecule has 0 radical (unpaired) electrons. The molecule has 0 aliphatic carbocycles. The van der Waals surface area contributed by atoms with Crippen molar-refractivity contribution >= 4 is 11.7 Å². The third-order valence-electron chi connectivity index (χ3n) is 5.67. The van der Waals surface area contributed by atoms with Gasteiger partial charge in [-0.2, -0.15) is 0 Å². The number of para-hydroxylation sites is 1. The standard InChI is InChI=1S/C22H28N4O2/c27-21(24-20-7-2-1-3-8-20)26-12-5-9-22(10-13-26)18-25(14-15-28-22)17-19-6-4-11-23-16-19/h1-4,6-8,11,16H,5,9-10,12-15,17-18H2,(H,24,27). The molecule has 1 unspecified atom stereocenters. The van der Waals surface area contributed by atoms with Crippen molar-refractivity contribution in [2.24, 2.45) is 0 Å². The molecule has 2 aromatic rings. The summed E-state index contributed by atoms with van der Waals surface area (Å²) in [7, 11) is 0. The fourth-order valence-corrected chi connectivity index (χ4v) is 4.21. The minimum atomic E-state index is -0.151. The molecule has 148 valence electrons. The van der Waals surface area contributed by atoms with E-state index in [0.717, 1.165) is 64.3 Å². The summed E-state index contributed by atoms with van der Waals surface area (Å²) in [5.41, 5.74) is 1.92. The van der Waals surface area contributed by atoms with Gasteiger partial charge in [0.1, 0.15) is 0 Å². The number of carbonyl (C=O) groups is 1. The molecule has 2 fully saturated rings. The molecular weight excluding hydrogens is 352 g/mol. The van der Waals surface area contributed by atoms with Crippen LogP contribution >= 0.6 is 0 Å². The van der Waals surface area contributed by atoms with E-state index in [2.05, 4.69) is 21.3 Å². The zero-order valence-electron chi connectivity index (χ0n) is 16.2. The number of aromatic nitrogens is 1. The van der Waals surface area contributed by atoms with E-state index >= 15 is 0 Å². The number of nitrogens with zero attached hydrogens (tertiary/aromatic N) is 3. The van der Waals surface area contributed by atoms with Crippen LogP contribution in [0.3, 0.4) is 0 Å².